The predicted octanol–water partition coefficient (Wildman–Crippen LogP) is 6.14. The first-order valence-electron chi connectivity index (χ1n) is 9.42. The highest BCUT2D eigenvalue weighted by atomic mass is 16.5. The number of allylic oxidation sites excluding steroid dienone is 2. The van der Waals surface area contributed by atoms with Crippen molar-refractivity contribution in [3.05, 3.63) is 78.1 Å². The van der Waals surface area contributed by atoms with Gasteiger partial charge in [-0.25, -0.2) is 0 Å². The monoisotopic (exact) mass is 348 g/mol. The Hall–Kier alpha value is -2.50. The number of hydrogen-bond acceptors (Lipinski definition) is 2. The van der Waals surface area contributed by atoms with Crippen molar-refractivity contribution in [2.75, 3.05) is 6.61 Å². The minimum Gasteiger partial charge on any atom is -0.449 e. The number of rotatable bonds is 10. The summed E-state index contributed by atoms with van der Waals surface area (Å²) in [5.41, 5.74) is 1.15. The van der Waals surface area contributed by atoms with Crippen molar-refractivity contribution in [3.63, 3.8) is 0 Å². The number of para-hydroxylation sites is 1. The summed E-state index contributed by atoms with van der Waals surface area (Å²) in [7, 11) is 0. The Balaban J connectivity index is 1.85. The number of unbranched alkanes of at least 4 members (excludes halogenated alkanes) is 4. The maximum absolute atomic E-state index is 5.92. The molecule has 2 rings (SSSR count). The topological polar surface area (TPSA) is 18.5 Å². The lowest BCUT2D eigenvalue weighted by Gasteiger charge is -2.05. The van der Waals surface area contributed by atoms with E-state index in [9.17, 15) is 0 Å². The van der Waals surface area contributed by atoms with E-state index in [1.807, 2.05) is 60.7 Å². The van der Waals surface area contributed by atoms with E-state index in [0.717, 1.165) is 17.7 Å². The van der Waals surface area contributed by atoms with Gasteiger partial charge in [0.05, 0.1) is 6.61 Å². The molecule has 0 unspecified atom stereocenters. The van der Waals surface area contributed by atoms with Crippen molar-refractivity contribution < 1.29 is 9.47 Å². The van der Waals surface area contributed by atoms with Crippen LogP contribution in [-0.4, -0.2) is 6.61 Å². The molecule has 2 nitrogen and oxygen atoms in total. The summed E-state index contributed by atoms with van der Waals surface area (Å²) < 4.78 is 11.5. The van der Waals surface area contributed by atoms with E-state index in [1.54, 1.807) is 0 Å². The molecule has 0 heterocycles. The van der Waals surface area contributed by atoms with E-state index >= 15 is 0 Å². The minimum atomic E-state index is 0.389. The summed E-state index contributed by atoms with van der Waals surface area (Å²) in [5.74, 6) is 7.69. The minimum absolute atomic E-state index is 0.389. The fraction of sp³-hybridized carbons (Fsp3) is 0.333. The lowest BCUT2D eigenvalue weighted by atomic mass is 10.1. The van der Waals surface area contributed by atoms with E-state index < -0.39 is 0 Å². The van der Waals surface area contributed by atoms with Crippen LogP contribution in [0.15, 0.2) is 72.5 Å². The molecule has 0 amide bonds. The summed E-state index contributed by atoms with van der Waals surface area (Å²) in [6.07, 6.45) is 8.02. The lowest BCUT2D eigenvalue weighted by molar-refractivity contribution is 0.153. The normalized spacial score (nSPS) is 10.9. The van der Waals surface area contributed by atoms with Crippen molar-refractivity contribution in [3.8, 4) is 17.6 Å². The number of benzene rings is 2. The van der Waals surface area contributed by atoms with Crippen molar-refractivity contribution in [1.82, 2.24) is 0 Å². The van der Waals surface area contributed by atoms with Crippen LogP contribution in [0.2, 0.25) is 0 Å². The van der Waals surface area contributed by atoms with Crippen LogP contribution in [0.4, 0.5) is 0 Å². The van der Waals surface area contributed by atoms with Crippen LogP contribution < -0.4 is 4.74 Å². The summed E-state index contributed by atoms with van der Waals surface area (Å²) in [4.78, 5) is 0. The molecule has 2 aromatic rings. The average molecular weight is 348 g/mol. The quantitative estimate of drug-likeness (QED) is 0.292. The molecule has 0 bridgehead atoms. The van der Waals surface area contributed by atoms with Gasteiger partial charge in [0.1, 0.15) is 12.4 Å². The Morgan fingerprint density at radius 1 is 0.923 bits per heavy atom. The van der Waals surface area contributed by atoms with Gasteiger partial charge < -0.3 is 9.47 Å². The van der Waals surface area contributed by atoms with Crippen LogP contribution in [0, 0.1) is 11.8 Å². The fourth-order valence-corrected chi connectivity index (χ4v) is 2.46. The SMILES string of the molecule is CCCCCC/C=C(/C#CCOCc1ccccc1)Oc1ccccc1. The highest BCUT2D eigenvalue weighted by Crippen LogP contribution is 2.14. The maximum Gasteiger partial charge on any atom is 0.173 e. The van der Waals surface area contributed by atoms with E-state index in [1.165, 1.54) is 25.7 Å². The lowest BCUT2D eigenvalue weighted by Crippen LogP contribution is -1.96. The molecule has 0 saturated heterocycles. The third kappa shape index (κ3) is 8.55. The molecule has 0 aliphatic carbocycles. The molecule has 0 fully saturated rings. The smallest absolute Gasteiger partial charge is 0.173 e. The molecule has 0 saturated carbocycles. The zero-order valence-corrected chi connectivity index (χ0v) is 15.6. The second-order valence-electron chi connectivity index (χ2n) is 6.11. The summed E-state index contributed by atoms with van der Waals surface area (Å²) in [6.45, 7) is 3.19. The van der Waals surface area contributed by atoms with Crippen molar-refractivity contribution >= 4 is 0 Å². The van der Waals surface area contributed by atoms with Crippen molar-refractivity contribution in [1.29, 1.82) is 0 Å². The van der Waals surface area contributed by atoms with E-state index in [2.05, 4.69) is 24.8 Å². The fourth-order valence-electron chi connectivity index (χ4n) is 2.46. The van der Waals surface area contributed by atoms with Gasteiger partial charge in [-0.15, -0.1) is 0 Å². The molecular weight excluding hydrogens is 320 g/mol. The first kappa shape index (κ1) is 19.8. The summed E-state index contributed by atoms with van der Waals surface area (Å²) in [5, 5.41) is 0. The van der Waals surface area contributed by atoms with Crippen LogP contribution >= 0.6 is 0 Å². The first-order chi connectivity index (χ1) is 12.9. The van der Waals surface area contributed by atoms with Crippen LogP contribution in [0.5, 0.6) is 5.75 Å². The third-order valence-electron chi connectivity index (χ3n) is 3.86. The van der Waals surface area contributed by atoms with Crippen LogP contribution in [0.25, 0.3) is 0 Å². The maximum atomic E-state index is 5.92. The Bertz CT molecular complexity index is 693. The van der Waals surface area contributed by atoms with Crippen LogP contribution in [0.3, 0.4) is 0 Å². The Morgan fingerprint density at radius 3 is 2.38 bits per heavy atom. The van der Waals surface area contributed by atoms with Crippen LogP contribution in [-0.2, 0) is 11.3 Å². The van der Waals surface area contributed by atoms with Crippen LogP contribution in [0.1, 0.15) is 44.6 Å². The third-order valence-corrected chi connectivity index (χ3v) is 3.86. The zero-order chi connectivity index (χ0) is 18.3. The highest BCUT2D eigenvalue weighted by molar-refractivity contribution is 5.30. The first-order valence-corrected chi connectivity index (χ1v) is 9.42. The zero-order valence-electron chi connectivity index (χ0n) is 15.6. The molecule has 0 radical (unpaired) electrons. The molecule has 0 N–H and O–H groups in total. The molecule has 0 aliphatic heterocycles. The Kier molecular flexibility index (Phi) is 9.76. The van der Waals surface area contributed by atoms with Gasteiger partial charge in [-0.1, -0.05) is 80.6 Å². The molecule has 136 valence electrons. The van der Waals surface area contributed by atoms with E-state index in [-0.39, 0.29) is 0 Å². The molecule has 0 atom stereocenters. The molecule has 26 heavy (non-hydrogen) atoms. The van der Waals surface area contributed by atoms with Crippen molar-refractivity contribution in [2.24, 2.45) is 0 Å². The van der Waals surface area contributed by atoms with Gasteiger partial charge in [0.25, 0.3) is 0 Å². The van der Waals surface area contributed by atoms with Gasteiger partial charge in [0.15, 0.2) is 5.76 Å². The number of ether oxygens (including phenoxy) is 2. The van der Waals surface area contributed by atoms with Gasteiger partial charge in [-0.05, 0) is 42.5 Å². The van der Waals surface area contributed by atoms with Gasteiger partial charge in [-0.2, -0.15) is 0 Å². The molecule has 2 aromatic carbocycles. The molecule has 2 heteroatoms. The van der Waals surface area contributed by atoms with Gasteiger partial charge in [0.2, 0.25) is 0 Å². The van der Waals surface area contributed by atoms with E-state index in [4.69, 9.17) is 9.47 Å². The Morgan fingerprint density at radius 2 is 1.65 bits per heavy atom. The highest BCUT2D eigenvalue weighted by Gasteiger charge is 1.97. The number of hydrogen-bond donors (Lipinski definition) is 0. The molecule has 0 aliphatic rings. The molecule has 0 aromatic heterocycles. The summed E-state index contributed by atoms with van der Waals surface area (Å²) >= 11 is 0. The summed E-state index contributed by atoms with van der Waals surface area (Å²) in [6, 6.07) is 19.9. The van der Waals surface area contributed by atoms with Gasteiger partial charge in [0, 0.05) is 0 Å². The second kappa shape index (κ2) is 12.8. The Labute approximate surface area is 157 Å². The standard InChI is InChI=1S/C24H28O2/c1-2-3-4-5-10-16-24(26-23-17-11-7-12-18-23)19-13-20-25-21-22-14-8-6-9-15-22/h6-9,11-12,14-18H,2-5,10,20-21H2,1H3/b24-16-. The average Bonchev–Trinajstić information content (AvgIpc) is 2.69. The van der Waals surface area contributed by atoms with Gasteiger partial charge in [-0.3, -0.25) is 0 Å². The van der Waals surface area contributed by atoms with E-state index in [0.29, 0.717) is 19.0 Å². The largest absolute Gasteiger partial charge is 0.449 e. The molecule has 0 spiro atoms. The second-order valence-corrected chi connectivity index (χ2v) is 6.11. The van der Waals surface area contributed by atoms with Gasteiger partial charge >= 0.3 is 0 Å². The molecular formula is C24H28O2. The predicted molar refractivity (Wildman–Crippen MR) is 108 cm³/mol. The van der Waals surface area contributed by atoms with Crippen molar-refractivity contribution in [2.45, 2.75) is 45.6 Å².